The second-order valence-corrected chi connectivity index (χ2v) is 7.81. The highest BCUT2D eigenvalue weighted by Gasteiger charge is 2.21. The van der Waals surface area contributed by atoms with Gasteiger partial charge in [0.1, 0.15) is 0 Å². The number of piperidine rings is 1. The molecule has 1 N–H and O–H groups in total. The Hall–Kier alpha value is -1.69. The number of likely N-dealkylation sites (tertiary alicyclic amines) is 1. The number of rotatable bonds is 2. The first-order valence-electron chi connectivity index (χ1n) is 8.66. The van der Waals surface area contributed by atoms with E-state index in [-0.39, 0.29) is 11.9 Å². The molecule has 6 heteroatoms. The maximum atomic E-state index is 12.5. The van der Waals surface area contributed by atoms with E-state index in [0.29, 0.717) is 11.5 Å². The van der Waals surface area contributed by atoms with Crippen LogP contribution in [0.5, 0.6) is 0 Å². The van der Waals surface area contributed by atoms with Crippen molar-refractivity contribution in [2.45, 2.75) is 19.8 Å². The van der Waals surface area contributed by atoms with E-state index >= 15 is 0 Å². The molecule has 5 nitrogen and oxygen atoms in total. The van der Waals surface area contributed by atoms with Gasteiger partial charge < -0.3 is 15.1 Å². The van der Waals surface area contributed by atoms with Crippen LogP contribution in [0.4, 0.5) is 10.5 Å². The van der Waals surface area contributed by atoms with Crippen LogP contribution in [0.25, 0.3) is 0 Å². The molecular weight excluding hydrogens is 322 g/mol. The summed E-state index contributed by atoms with van der Waals surface area (Å²) >= 11 is 1.88. The molecule has 0 bridgehead atoms. The van der Waals surface area contributed by atoms with Crippen molar-refractivity contribution < 1.29 is 9.59 Å². The van der Waals surface area contributed by atoms with Crippen LogP contribution in [0.3, 0.4) is 0 Å². The molecule has 24 heavy (non-hydrogen) atoms. The van der Waals surface area contributed by atoms with Gasteiger partial charge in [-0.2, -0.15) is 11.8 Å². The Bertz CT molecular complexity index is 576. The van der Waals surface area contributed by atoms with E-state index in [1.54, 1.807) is 0 Å². The van der Waals surface area contributed by atoms with E-state index < -0.39 is 0 Å². The molecule has 2 fully saturated rings. The Kier molecular flexibility index (Phi) is 5.66. The molecule has 2 aliphatic rings. The minimum absolute atomic E-state index is 0.0561. The largest absolute Gasteiger partial charge is 0.339 e. The third kappa shape index (κ3) is 4.23. The summed E-state index contributed by atoms with van der Waals surface area (Å²) in [5, 5.41) is 2.92. The highest BCUT2D eigenvalue weighted by molar-refractivity contribution is 7.99. The van der Waals surface area contributed by atoms with E-state index in [1.807, 2.05) is 45.8 Å². The molecule has 2 saturated heterocycles. The predicted molar refractivity (Wildman–Crippen MR) is 98.7 cm³/mol. The van der Waals surface area contributed by atoms with Gasteiger partial charge in [0.15, 0.2) is 0 Å². The molecule has 0 spiro atoms. The molecule has 0 aliphatic carbocycles. The summed E-state index contributed by atoms with van der Waals surface area (Å²) in [5.74, 6) is 2.79. The number of hydrogen-bond acceptors (Lipinski definition) is 3. The number of urea groups is 1. The van der Waals surface area contributed by atoms with Crippen molar-refractivity contribution in [1.29, 1.82) is 0 Å². The van der Waals surface area contributed by atoms with Crippen LogP contribution < -0.4 is 5.32 Å². The van der Waals surface area contributed by atoms with Crippen LogP contribution >= 0.6 is 11.8 Å². The van der Waals surface area contributed by atoms with Gasteiger partial charge in [-0.25, -0.2) is 4.79 Å². The molecule has 0 atom stereocenters. The number of nitrogens with zero attached hydrogens (tertiary/aromatic N) is 2. The molecule has 0 saturated carbocycles. The first-order valence-corrected chi connectivity index (χ1v) is 9.82. The lowest BCUT2D eigenvalue weighted by Crippen LogP contribution is -2.40. The molecule has 0 unspecified atom stereocenters. The summed E-state index contributed by atoms with van der Waals surface area (Å²) < 4.78 is 0. The van der Waals surface area contributed by atoms with Crippen LogP contribution in [-0.2, 0) is 0 Å². The Balaban J connectivity index is 1.56. The van der Waals surface area contributed by atoms with Gasteiger partial charge in [0, 0.05) is 48.9 Å². The van der Waals surface area contributed by atoms with Gasteiger partial charge in [-0.15, -0.1) is 0 Å². The lowest BCUT2D eigenvalue weighted by Gasteiger charge is -2.30. The third-order valence-electron chi connectivity index (χ3n) is 4.75. The number of carbonyl (C=O) groups excluding carboxylic acids is 2. The van der Waals surface area contributed by atoms with E-state index in [0.717, 1.165) is 56.2 Å². The molecule has 1 aromatic rings. The Labute approximate surface area is 147 Å². The quantitative estimate of drug-likeness (QED) is 0.894. The average molecular weight is 347 g/mol. The SMILES string of the molecule is CC1CCN(C(=O)c2ccc(NC(=O)N3CCSCC3)cc2)CC1. The highest BCUT2D eigenvalue weighted by atomic mass is 32.2. The molecule has 130 valence electrons. The van der Waals surface area contributed by atoms with Gasteiger partial charge in [0.25, 0.3) is 5.91 Å². The number of thioether (sulfide) groups is 1. The lowest BCUT2D eigenvalue weighted by molar-refractivity contribution is 0.0697. The summed E-state index contributed by atoms with van der Waals surface area (Å²) in [6.45, 7) is 5.50. The zero-order valence-electron chi connectivity index (χ0n) is 14.2. The van der Waals surface area contributed by atoms with Crippen LogP contribution in [-0.4, -0.2) is 59.4 Å². The van der Waals surface area contributed by atoms with Crippen molar-refractivity contribution >= 4 is 29.4 Å². The maximum absolute atomic E-state index is 12.5. The van der Waals surface area contributed by atoms with Gasteiger partial charge in [-0.05, 0) is 43.0 Å². The fraction of sp³-hybridized carbons (Fsp3) is 0.556. The molecule has 3 amide bonds. The van der Waals surface area contributed by atoms with Crippen molar-refractivity contribution in [1.82, 2.24) is 9.80 Å². The second-order valence-electron chi connectivity index (χ2n) is 6.58. The lowest BCUT2D eigenvalue weighted by atomic mass is 9.98. The van der Waals surface area contributed by atoms with E-state index in [1.165, 1.54) is 0 Å². The van der Waals surface area contributed by atoms with Crippen molar-refractivity contribution in [3.05, 3.63) is 29.8 Å². The Morgan fingerprint density at radius 1 is 1.00 bits per heavy atom. The second kappa shape index (κ2) is 7.92. The van der Waals surface area contributed by atoms with Gasteiger partial charge in [0.2, 0.25) is 0 Å². The third-order valence-corrected chi connectivity index (χ3v) is 5.69. The molecule has 1 aromatic carbocycles. The topological polar surface area (TPSA) is 52.7 Å². The number of carbonyl (C=O) groups is 2. The van der Waals surface area contributed by atoms with Gasteiger partial charge >= 0.3 is 6.03 Å². The summed E-state index contributed by atoms with van der Waals surface area (Å²) in [6.07, 6.45) is 2.15. The normalized spacial score (nSPS) is 19.2. The maximum Gasteiger partial charge on any atom is 0.321 e. The fourth-order valence-electron chi connectivity index (χ4n) is 3.06. The summed E-state index contributed by atoms with van der Waals surface area (Å²) in [6, 6.07) is 7.19. The van der Waals surface area contributed by atoms with Crippen molar-refractivity contribution in [3.8, 4) is 0 Å². The molecule has 3 rings (SSSR count). The highest BCUT2D eigenvalue weighted by Crippen LogP contribution is 2.19. The monoisotopic (exact) mass is 347 g/mol. The minimum Gasteiger partial charge on any atom is -0.339 e. The molecule has 2 aliphatic heterocycles. The number of amides is 3. The number of anilines is 1. The van der Waals surface area contributed by atoms with E-state index in [2.05, 4.69) is 12.2 Å². The molecule has 0 aromatic heterocycles. The van der Waals surface area contributed by atoms with Crippen molar-refractivity contribution in [2.75, 3.05) is 43.0 Å². The first-order chi connectivity index (χ1) is 11.6. The van der Waals surface area contributed by atoms with Crippen molar-refractivity contribution in [3.63, 3.8) is 0 Å². The van der Waals surface area contributed by atoms with E-state index in [9.17, 15) is 9.59 Å². The minimum atomic E-state index is -0.0561. The predicted octanol–water partition coefficient (Wildman–Crippen LogP) is 3.14. The zero-order chi connectivity index (χ0) is 16.9. The standard InChI is InChI=1S/C18H25N3O2S/c1-14-6-8-20(9-7-14)17(22)15-2-4-16(5-3-15)19-18(23)21-10-12-24-13-11-21/h2-5,14H,6-13H2,1H3,(H,19,23). The summed E-state index contributed by atoms with van der Waals surface area (Å²) in [7, 11) is 0. The van der Waals surface area contributed by atoms with Gasteiger partial charge in [-0.1, -0.05) is 6.92 Å². The molecular formula is C18H25N3O2S. The number of hydrogen-bond donors (Lipinski definition) is 1. The van der Waals surface area contributed by atoms with Crippen LogP contribution in [0.2, 0.25) is 0 Å². The fourth-order valence-corrected chi connectivity index (χ4v) is 3.96. The van der Waals surface area contributed by atoms with Crippen molar-refractivity contribution in [2.24, 2.45) is 5.92 Å². The number of nitrogens with one attached hydrogen (secondary N) is 1. The smallest absolute Gasteiger partial charge is 0.321 e. The zero-order valence-corrected chi connectivity index (χ0v) is 15.0. The van der Waals surface area contributed by atoms with Crippen LogP contribution in [0, 0.1) is 5.92 Å². The van der Waals surface area contributed by atoms with Crippen LogP contribution in [0.1, 0.15) is 30.1 Å². The average Bonchev–Trinajstić information content (AvgIpc) is 2.63. The summed E-state index contributed by atoms with van der Waals surface area (Å²) in [4.78, 5) is 28.5. The molecule has 0 radical (unpaired) electrons. The first kappa shape index (κ1) is 17.1. The van der Waals surface area contributed by atoms with E-state index in [4.69, 9.17) is 0 Å². The Morgan fingerprint density at radius 3 is 2.25 bits per heavy atom. The van der Waals surface area contributed by atoms with Gasteiger partial charge in [0.05, 0.1) is 0 Å². The number of benzene rings is 1. The Morgan fingerprint density at radius 2 is 1.62 bits per heavy atom. The van der Waals surface area contributed by atoms with Crippen LogP contribution in [0.15, 0.2) is 24.3 Å². The summed E-state index contributed by atoms with van der Waals surface area (Å²) in [5.41, 5.74) is 1.43. The molecule has 2 heterocycles. The van der Waals surface area contributed by atoms with Gasteiger partial charge in [-0.3, -0.25) is 4.79 Å².